The van der Waals surface area contributed by atoms with Crippen LogP contribution in [0.25, 0.3) is 0 Å². The second kappa shape index (κ2) is 6.45. The van der Waals surface area contributed by atoms with Gasteiger partial charge >= 0.3 is 0 Å². The zero-order chi connectivity index (χ0) is 17.3. The summed E-state index contributed by atoms with van der Waals surface area (Å²) in [5, 5.41) is 0. The highest BCUT2D eigenvalue weighted by Gasteiger charge is 2.26. The number of rotatable bonds is 4. The maximum Gasteiger partial charge on any atom is 0.241 e. The molecule has 1 atom stereocenters. The molecule has 128 valence electrons. The van der Waals surface area contributed by atoms with Crippen LogP contribution in [0.5, 0.6) is 11.5 Å². The Kier molecular flexibility index (Phi) is 4.51. The Morgan fingerprint density at radius 2 is 1.96 bits per heavy atom. The molecule has 0 saturated carbocycles. The van der Waals surface area contributed by atoms with E-state index in [1.54, 1.807) is 20.1 Å². The molecule has 6 heteroatoms. The molecule has 1 aliphatic heterocycles. The number of benzene rings is 2. The van der Waals surface area contributed by atoms with Crippen molar-refractivity contribution >= 4 is 10.0 Å². The lowest BCUT2D eigenvalue weighted by atomic mass is 10.0. The van der Waals surface area contributed by atoms with Crippen molar-refractivity contribution in [2.45, 2.75) is 31.2 Å². The Morgan fingerprint density at radius 3 is 2.71 bits per heavy atom. The van der Waals surface area contributed by atoms with Gasteiger partial charge in [0.25, 0.3) is 0 Å². The van der Waals surface area contributed by atoms with Crippen LogP contribution in [-0.2, 0) is 16.4 Å². The van der Waals surface area contributed by atoms with Gasteiger partial charge in [0, 0.05) is 0 Å². The van der Waals surface area contributed by atoms with E-state index in [1.807, 2.05) is 37.3 Å². The molecule has 0 radical (unpaired) electrons. The van der Waals surface area contributed by atoms with Crippen molar-refractivity contribution < 1.29 is 17.9 Å². The third-order valence-electron chi connectivity index (χ3n) is 4.13. The summed E-state index contributed by atoms with van der Waals surface area (Å²) < 4.78 is 39.1. The quantitative estimate of drug-likeness (QED) is 0.923. The van der Waals surface area contributed by atoms with Crippen LogP contribution < -0.4 is 14.2 Å². The Bertz CT molecular complexity index is 861. The van der Waals surface area contributed by atoms with Crippen LogP contribution in [0.1, 0.15) is 16.7 Å². The van der Waals surface area contributed by atoms with Crippen molar-refractivity contribution in [1.29, 1.82) is 0 Å². The highest BCUT2D eigenvalue weighted by molar-refractivity contribution is 7.89. The first-order valence-corrected chi connectivity index (χ1v) is 9.26. The standard InChI is InChI=1S/C18H21NO4S/c1-12-4-5-13(2)18(8-12)24(20,21)19-15-9-14-10-16(22-3)6-7-17(14)23-11-15/h4-8,10,15,19H,9,11H2,1-3H3/t15-/m0/s1. The molecule has 0 saturated heterocycles. The lowest BCUT2D eigenvalue weighted by Gasteiger charge is -2.26. The predicted octanol–water partition coefficient (Wildman–Crippen LogP) is 2.59. The number of nitrogens with one attached hydrogen (secondary N) is 1. The van der Waals surface area contributed by atoms with Gasteiger partial charge in [0.05, 0.1) is 18.0 Å². The normalized spacial score (nSPS) is 17.0. The molecule has 24 heavy (non-hydrogen) atoms. The zero-order valence-corrected chi connectivity index (χ0v) is 14.8. The molecule has 3 rings (SSSR count). The number of fused-ring (bicyclic) bond motifs is 1. The van der Waals surface area contributed by atoms with Crippen molar-refractivity contribution in [2.75, 3.05) is 13.7 Å². The summed E-state index contributed by atoms with van der Waals surface area (Å²) in [4.78, 5) is 0.318. The van der Waals surface area contributed by atoms with Crippen LogP contribution in [0.2, 0.25) is 0 Å². The Morgan fingerprint density at radius 1 is 1.17 bits per heavy atom. The topological polar surface area (TPSA) is 64.6 Å². The predicted molar refractivity (Wildman–Crippen MR) is 92.2 cm³/mol. The smallest absolute Gasteiger partial charge is 0.241 e. The summed E-state index contributed by atoms with van der Waals surface area (Å²) in [6, 6.07) is 10.7. The minimum atomic E-state index is -3.59. The molecule has 0 amide bonds. The van der Waals surface area contributed by atoms with Crippen molar-refractivity contribution in [3.63, 3.8) is 0 Å². The van der Waals surface area contributed by atoms with E-state index < -0.39 is 10.0 Å². The third-order valence-corrected chi connectivity index (χ3v) is 5.79. The maximum atomic E-state index is 12.7. The summed E-state index contributed by atoms with van der Waals surface area (Å²) >= 11 is 0. The van der Waals surface area contributed by atoms with Gasteiger partial charge in [0.1, 0.15) is 18.1 Å². The average molecular weight is 347 g/mol. The van der Waals surface area contributed by atoms with Crippen LogP contribution in [0.4, 0.5) is 0 Å². The minimum Gasteiger partial charge on any atom is -0.497 e. The van der Waals surface area contributed by atoms with Crippen LogP contribution in [-0.4, -0.2) is 28.2 Å². The molecule has 2 aromatic carbocycles. The second-order valence-electron chi connectivity index (χ2n) is 6.08. The number of ether oxygens (including phenoxy) is 2. The molecule has 2 aromatic rings. The first kappa shape index (κ1) is 16.8. The number of hydrogen-bond acceptors (Lipinski definition) is 4. The molecular weight excluding hydrogens is 326 g/mol. The van der Waals surface area contributed by atoms with Crippen LogP contribution in [0, 0.1) is 13.8 Å². The fourth-order valence-corrected chi connectivity index (χ4v) is 4.40. The minimum absolute atomic E-state index is 0.309. The second-order valence-corrected chi connectivity index (χ2v) is 7.76. The molecule has 0 spiro atoms. The first-order valence-electron chi connectivity index (χ1n) is 7.78. The molecule has 5 nitrogen and oxygen atoms in total. The van der Waals surface area contributed by atoms with E-state index in [0.717, 1.165) is 28.2 Å². The van der Waals surface area contributed by atoms with Gasteiger partial charge in [0.2, 0.25) is 10.0 Å². The summed E-state index contributed by atoms with van der Waals surface area (Å²) in [6.45, 7) is 3.99. The van der Waals surface area contributed by atoms with E-state index in [4.69, 9.17) is 9.47 Å². The monoisotopic (exact) mass is 347 g/mol. The number of hydrogen-bond donors (Lipinski definition) is 1. The Balaban J connectivity index is 1.82. The lowest BCUT2D eigenvalue weighted by Crippen LogP contribution is -2.42. The van der Waals surface area contributed by atoms with Crippen LogP contribution >= 0.6 is 0 Å². The number of methoxy groups -OCH3 is 1. The molecule has 1 N–H and O–H groups in total. The molecule has 1 aliphatic rings. The van der Waals surface area contributed by atoms with E-state index >= 15 is 0 Å². The maximum absolute atomic E-state index is 12.7. The van der Waals surface area contributed by atoms with E-state index in [2.05, 4.69) is 4.72 Å². The van der Waals surface area contributed by atoms with Crippen molar-refractivity contribution in [3.8, 4) is 11.5 Å². The fourth-order valence-electron chi connectivity index (χ4n) is 2.85. The van der Waals surface area contributed by atoms with E-state index in [1.165, 1.54) is 0 Å². The number of sulfonamides is 1. The number of aryl methyl sites for hydroxylation is 2. The van der Waals surface area contributed by atoms with Crippen molar-refractivity contribution in [1.82, 2.24) is 4.72 Å². The van der Waals surface area contributed by atoms with Gasteiger partial charge in [0.15, 0.2) is 0 Å². The van der Waals surface area contributed by atoms with Gasteiger partial charge in [-0.1, -0.05) is 12.1 Å². The molecule has 0 bridgehead atoms. The van der Waals surface area contributed by atoms with Crippen molar-refractivity contribution in [2.24, 2.45) is 0 Å². The summed E-state index contributed by atoms with van der Waals surface area (Å²) in [6.07, 6.45) is 0.566. The fraction of sp³-hybridized carbons (Fsp3) is 0.333. The first-order chi connectivity index (χ1) is 11.4. The zero-order valence-electron chi connectivity index (χ0n) is 14.0. The highest BCUT2D eigenvalue weighted by Crippen LogP contribution is 2.29. The summed E-state index contributed by atoms with van der Waals surface area (Å²) in [5.74, 6) is 1.51. The molecule has 1 heterocycles. The average Bonchev–Trinajstić information content (AvgIpc) is 2.56. The highest BCUT2D eigenvalue weighted by atomic mass is 32.2. The molecular formula is C18H21NO4S. The van der Waals surface area contributed by atoms with Gasteiger partial charge in [-0.15, -0.1) is 0 Å². The SMILES string of the molecule is COc1ccc2c(c1)C[C@H](NS(=O)(=O)c1cc(C)ccc1C)CO2. The van der Waals surface area contributed by atoms with E-state index in [-0.39, 0.29) is 6.04 Å². The Labute approximate surface area is 142 Å². The molecule has 0 aliphatic carbocycles. The molecule has 0 fully saturated rings. The summed E-state index contributed by atoms with van der Waals surface area (Å²) in [5.41, 5.74) is 2.58. The van der Waals surface area contributed by atoms with E-state index in [9.17, 15) is 8.42 Å². The lowest BCUT2D eigenvalue weighted by molar-refractivity contribution is 0.253. The van der Waals surface area contributed by atoms with Gasteiger partial charge < -0.3 is 9.47 Å². The van der Waals surface area contributed by atoms with Crippen molar-refractivity contribution in [3.05, 3.63) is 53.1 Å². The largest absolute Gasteiger partial charge is 0.497 e. The van der Waals surface area contributed by atoms with Gasteiger partial charge in [-0.05, 0) is 61.2 Å². The van der Waals surface area contributed by atoms with Gasteiger partial charge in [-0.3, -0.25) is 0 Å². The Hall–Kier alpha value is -2.05. The van der Waals surface area contributed by atoms with Crippen LogP contribution in [0.15, 0.2) is 41.3 Å². The van der Waals surface area contributed by atoms with Gasteiger partial charge in [-0.2, -0.15) is 0 Å². The van der Waals surface area contributed by atoms with E-state index in [0.29, 0.717) is 17.9 Å². The third kappa shape index (κ3) is 3.39. The van der Waals surface area contributed by atoms with Crippen LogP contribution in [0.3, 0.4) is 0 Å². The summed E-state index contributed by atoms with van der Waals surface area (Å²) in [7, 11) is -1.99. The molecule has 0 unspecified atom stereocenters. The molecule has 0 aromatic heterocycles. The van der Waals surface area contributed by atoms with Gasteiger partial charge in [-0.25, -0.2) is 13.1 Å².